The number of aryl methyl sites for hydroxylation is 1. The Balaban J connectivity index is 1.20. The summed E-state index contributed by atoms with van der Waals surface area (Å²) in [7, 11) is 0. The molecule has 5 rings (SSSR count). The summed E-state index contributed by atoms with van der Waals surface area (Å²) in [5, 5.41) is 25.5. The number of amides is 3. The van der Waals surface area contributed by atoms with E-state index < -0.39 is 6.04 Å². The van der Waals surface area contributed by atoms with Crippen molar-refractivity contribution in [2.75, 3.05) is 32.7 Å². The van der Waals surface area contributed by atoms with Crippen LogP contribution in [0.15, 0.2) is 55.0 Å². The van der Waals surface area contributed by atoms with Crippen LogP contribution in [0.4, 0.5) is 4.79 Å². The van der Waals surface area contributed by atoms with Crippen LogP contribution in [-0.2, 0) is 24.2 Å². The quantitative estimate of drug-likeness (QED) is 0.327. The smallest absolute Gasteiger partial charge is 0.318 e. The first-order valence-corrected chi connectivity index (χ1v) is 15.7. The van der Waals surface area contributed by atoms with Crippen LogP contribution in [0.3, 0.4) is 0 Å². The van der Waals surface area contributed by atoms with E-state index in [2.05, 4.69) is 26.6 Å². The molecule has 1 saturated heterocycles. The van der Waals surface area contributed by atoms with Gasteiger partial charge >= 0.3 is 6.03 Å². The molecule has 10 nitrogen and oxygen atoms in total. The standard InChI is InChI=1S/C34H43N7O3/c1-25-7-8-26(19-32(25)42)14-16-39-17-18-41(34(44)38-29-5-3-2-4-6-29)31(23-39)33(43)37-15-13-30-21-36-24-40(30)22-28-11-9-27(20-35)10-12-28/h7-12,19,21,24,29,31,42H,2-6,13-18,22-23H2,1H3,(H,37,43)(H,38,44). The topological polar surface area (TPSA) is 127 Å². The highest BCUT2D eigenvalue weighted by molar-refractivity contribution is 5.87. The zero-order valence-electron chi connectivity index (χ0n) is 25.5. The molecule has 0 radical (unpaired) electrons. The molecule has 3 N–H and O–H groups in total. The van der Waals surface area contributed by atoms with Crippen LogP contribution < -0.4 is 10.6 Å². The van der Waals surface area contributed by atoms with Gasteiger partial charge < -0.3 is 25.2 Å². The van der Waals surface area contributed by atoms with Crippen LogP contribution in [0.5, 0.6) is 5.75 Å². The van der Waals surface area contributed by atoms with Gasteiger partial charge in [-0.15, -0.1) is 0 Å². The van der Waals surface area contributed by atoms with Crippen LogP contribution in [0.1, 0.15) is 60.1 Å². The molecule has 1 aromatic heterocycles. The molecule has 3 aromatic rings. The minimum Gasteiger partial charge on any atom is -0.508 e. The van der Waals surface area contributed by atoms with E-state index >= 15 is 0 Å². The fourth-order valence-electron chi connectivity index (χ4n) is 6.12. The van der Waals surface area contributed by atoms with Gasteiger partial charge in [0, 0.05) is 63.6 Å². The van der Waals surface area contributed by atoms with Gasteiger partial charge in [0.25, 0.3) is 0 Å². The van der Waals surface area contributed by atoms with E-state index in [4.69, 9.17) is 5.26 Å². The van der Waals surface area contributed by atoms with E-state index in [0.717, 1.165) is 61.0 Å². The van der Waals surface area contributed by atoms with Gasteiger partial charge in [0.15, 0.2) is 0 Å². The van der Waals surface area contributed by atoms with Crippen molar-refractivity contribution in [1.29, 1.82) is 5.26 Å². The van der Waals surface area contributed by atoms with Gasteiger partial charge in [-0.3, -0.25) is 9.69 Å². The number of urea groups is 1. The average molecular weight is 598 g/mol. The highest BCUT2D eigenvalue weighted by Gasteiger charge is 2.36. The molecule has 1 aliphatic heterocycles. The number of hydrogen-bond donors (Lipinski definition) is 3. The monoisotopic (exact) mass is 597 g/mol. The zero-order valence-corrected chi connectivity index (χ0v) is 25.5. The second-order valence-electron chi connectivity index (χ2n) is 12.0. The van der Waals surface area contributed by atoms with E-state index in [0.29, 0.717) is 50.5 Å². The highest BCUT2D eigenvalue weighted by atomic mass is 16.3. The number of nitriles is 1. The number of hydrogen-bond acceptors (Lipinski definition) is 6. The first-order chi connectivity index (χ1) is 21.4. The fourth-order valence-corrected chi connectivity index (χ4v) is 6.12. The summed E-state index contributed by atoms with van der Waals surface area (Å²) in [5.41, 5.74) is 4.58. The molecule has 2 fully saturated rings. The summed E-state index contributed by atoms with van der Waals surface area (Å²) in [5.74, 6) is 0.141. The molecule has 232 valence electrons. The highest BCUT2D eigenvalue weighted by Crippen LogP contribution is 2.20. The lowest BCUT2D eigenvalue weighted by Gasteiger charge is -2.41. The van der Waals surface area contributed by atoms with Crippen molar-refractivity contribution in [3.63, 3.8) is 0 Å². The maximum absolute atomic E-state index is 13.6. The molecule has 0 spiro atoms. The van der Waals surface area contributed by atoms with Crippen molar-refractivity contribution in [3.05, 3.63) is 82.9 Å². The molecule has 1 aliphatic carbocycles. The number of phenolic OH excluding ortho intramolecular Hbond substituents is 1. The Morgan fingerprint density at radius 3 is 2.57 bits per heavy atom. The van der Waals surface area contributed by atoms with Gasteiger partial charge in [-0.1, -0.05) is 43.5 Å². The van der Waals surface area contributed by atoms with Crippen molar-refractivity contribution in [3.8, 4) is 11.8 Å². The van der Waals surface area contributed by atoms with Crippen molar-refractivity contribution < 1.29 is 14.7 Å². The number of piperazine rings is 1. The molecule has 10 heteroatoms. The fraction of sp³-hybridized carbons (Fsp3) is 0.471. The number of aromatic nitrogens is 2. The predicted octanol–water partition coefficient (Wildman–Crippen LogP) is 3.75. The van der Waals surface area contributed by atoms with Crippen LogP contribution in [-0.4, -0.2) is 81.2 Å². The third-order valence-corrected chi connectivity index (χ3v) is 8.87. The Morgan fingerprint density at radius 2 is 1.82 bits per heavy atom. The number of carbonyl (C=O) groups excluding carboxylic acids is 2. The Labute approximate surface area is 259 Å². The van der Waals surface area contributed by atoms with Crippen molar-refractivity contribution >= 4 is 11.9 Å². The number of rotatable bonds is 10. The molecule has 0 bridgehead atoms. The van der Waals surface area contributed by atoms with E-state index in [1.807, 2.05) is 42.0 Å². The normalized spacial score (nSPS) is 17.6. The van der Waals surface area contributed by atoms with Gasteiger partial charge in [-0.25, -0.2) is 9.78 Å². The number of phenols is 1. The number of aromatic hydroxyl groups is 1. The van der Waals surface area contributed by atoms with Gasteiger partial charge in [-0.05, 0) is 61.1 Å². The summed E-state index contributed by atoms with van der Waals surface area (Å²) < 4.78 is 2.04. The van der Waals surface area contributed by atoms with Crippen LogP contribution in [0.2, 0.25) is 0 Å². The number of benzene rings is 2. The summed E-state index contributed by atoms with van der Waals surface area (Å²) in [4.78, 5) is 35.3. The number of carbonyl (C=O) groups is 2. The Hall–Kier alpha value is -4.36. The lowest BCUT2D eigenvalue weighted by molar-refractivity contribution is -0.127. The minimum absolute atomic E-state index is 0.152. The molecule has 44 heavy (non-hydrogen) atoms. The molecule has 2 heterocycles. The summed E-state index contributed by atoms with van der Waals surface area (Å²) in [6.07, 6.45) is 10.4. The molecule has 3 amide bonds. The SMILES string of the molecule is Cc1ccc(CCN2CCN(C(=O)NC3CCCCC3)C(C(=O)NCCc3cncn3Cc3ccc(C#N)cc3)C2)cc1O. The van der Waals surface area contributed by atoms with E-state index in [-0.39, 0.29) is 18.0 Å². The molecule has 1 unspecified atom stereocenters. The van der Waals surface area contributed by atoms with Crippen molar-refractivity contribution in [2.24, 2.45) is 0 Å². The molecule has 1 saturated carbocycles. The first-order valence-electron chi connectivity index (χ1n) is 15.7. The number of nitrogens with zero attached hydrogens (tertiary/aromatic N) is 5. The van der Waals surface area contributed by atoms with E-state index in [9.17, 15) is 14.7 Å². The minimum atomic E-state index is -0.595. The maximum atomic E-state index is 13.6. The van der Waals surface area contributed by atoms with Crippen LogP contribution >= 0.6 is 0 Å². The second kappa shape index (κ2) is 14.9. The molecule has 2 aliphatic rings. The molecule has 1 atom stereocenters. The third-order valence-electron chi connectivity index (χ3n) is 8.87. The molecule has 2 aromatic carbocycles. The van der Waals surface area contributed by atoms with Crippen LogP contribution in [0.25, 0.3) is 0 Å². The third kappa shape index (κ3) is 8.17. The van der Waals surface area contributed by atoms with E-state index in [1.54, 1.807) is 29.4 Å². The van der Waals surface area contributed by atoms with Crippen molar-refractivity contribution in [1.82, 2.24) is 30.0 Å². The molecular weight excluding hydrogens is 554 g/mol. The van der Waals surface area contributed by atoms with Crippen LogP contribution in [0, 0.1) is 18.3 Å². The van der Waals surface area contributed by atoms with E-state index in [1.165, 1.54) is 6.42 Å². The van der Waals surface area contributed by atoms with Gasteiger partial charge in [0.05, 0.1) is 18.0 Å². The first kappa shape index (κ1) is 31.1. The van der Waals surface area contributed by atoms with Gasteiger partial charge in [-0.2, -0.15) is 5.26 Å². The predicted molar refractivity (Wildman–Crippen MR) is 168 cm³/mol. The Morgan fingerprint density at radius 1 is 1.05 bits per heavy atom. The Bertz CT molecular complexity index is 1460. The number of nitrogens with one attached hydrogen (secondary N) is 2. The number of imidazole rings is 1. The van der Waals surface area contributed by atoms with Gasteiger partial charge in [0.2, 0.25) is 5.91 Å². The lowest BCUT2D eigenvalue weighted by atomic mass is 9.95. The summed E-state index contributed by atoms with van der Waals surface area (Å²) in [6.45, 7) is 5.29. The summed E-state index contributed by atoms with van der Waals surface area (Å²) >= 11 is 0. The second-order valence-corrected chi connectivity index (χ2v) is 12.0. The Kier molecular flexibility index (Phi) is 10.5. The lowest BCUT2D eigenvalue weighted by Crippen LogP contribution is -2.63. The maximum Gasteiger partial charge on any atom is 0.318 e. The zero-order chi connectivity index (χ0) is 30.9. The molecular formula is C34H43N7O3. The summed E-state index contributed by atoms with van der Waals surface area (Å²) in [6, 6.07) is 14.8. The van der Waals surface area contributed by atoms with Crippen molar-refractivity contribution in [2.45, 2.75) is 70.5 Å². The largest absolute Gasteiger partial charge is 0.508 e. The van der Waals surface area contributed by atoms with Gasteiger partial charge in [0.1, 0.15) is 11.8 Å². The average Bonchev–Trinajstić information content (AvgIpc) is 3.48.